The summed E-state index contributed by atoms with van der Waals surface area (Å²) < 4.78 is 9.04. The Balaban J connectivity index is 1.16. The molecule has 1 aliphatic carbocycles. The highest BCUT2D eigenvalue weighted by Crippen LogP contribution is 2.51. The zero-order valence-electron chi connectivity index (χ0n) is 30.1. The summed E-state index contributed by atoms with van der Waals surface area (Å²) >= 11 is 0. The van der Waals surface area contributed by atoms with Crippen LogP contribution in [-0.2, 0) is 5.41 Å². The van der Waals surface area contributed by atoms with E-state index in [-0.39, 0.29) is 5.41 Å². The van der Waals surface area contributed by atoms with Crippen molar-refractivity contribution >= 4 is 60.8 Å². The lowest BCUT2D eigenvalue weighted by atomic mass is 9.82. The van der Waals surface area contributed by atoms with E-state index in [1.54, 1.807) is 0 Å². The molecule has 0 amide bonds. The Morgan fingerprint density at radius 2 is 1.09 bits per heavy atom. The highest BCUT2D eigenvalue weighted by Gasteiger charge is 2.35. The molecule has 0 unspecified atom stereocenters. The quantitative estimate of drug-likeness (QED) is 0.179. The molecule has 3 heteroatoms. The zero-order valence-corrected chi connectivity index (χ0v) is 30.1. The molecule has 0 radical (unpaired) electrons. The van der Waals surface area contributed by atoms with Gasteiger partial charge in [-0.3, -0.25) is 0 Å². The van der Waals surface area contributed by atoms with Crippen LogP contribution in [0, 0.1) is 0 Å². The van der Waals surface area contributed by atoms with Gasteiger partial charge in [-0.1, -0.05) is 123 Å². The SMILES string of the molecule is CC1(C)c2ccccc2-c2ccc(N(c3ccc(-c4ccccc4)cc3)c3ccc4c5c6oc7ccccc7c6ccc5n(-c5ccccc5)c4c3)cc21. The van der Waals surface area contributed by atoms with Crippen LogP contribution in [0.4, 0.5) is 17.1 Å². The van der Waals surface area contributed by atoms with Gasteiger partial charge >= 0.3 is 0 Å². The number of benzene rings is 8. The molecule has 2 aromatic heterocycles. The average molecular weight is 693 g/mol. The molecule has 54 heavy (non-hydrogen) atoms. The maximum absolute atomic E-state index is 6.65. The first-order valence-electron chi connectivity index (χ1n) is 18.7. The summed E-state index contributed by atoms with van der Waals surface area (Å²) in [6.45, 7) is 4.70. The van der Waals surface area contributed by atoms with Gasteiger partial charge in [-0.2, -0.15) is 0 Å². The third kappa shape index (κ3) is 4.48. The van der Waals surface area contributed by atoms with E-state index < -0.39 is 0 Å². The first-order valence-corrected chi connectivity index (χ1v) is 18.7. The Labute approximate surface area is 314 Å². The predicted octanol–water partition coefficient (Wildman–Crippen LogP) is 14.1. The molecule has 0 saturated carbocycles. The van der Waals surface area contributed by atoms with Gasteiger partial charge in [0.25, 0.3) is 0 Å². The number of hydrogen-bond donors (Lipinski definition) is 0. The topological polar surface area (TPSA) is 21.3 Å². The minimum atomic E-state index is -0.119. The van der Waals surface area contributed by atoms with Crippen LogP contribution in [0.2, 0.25) is 0 Å². The molecular weight excluding hydrogens is 657 g/mol. The van der Waals surface area contributed by atoms with Crippen molar-refractivity contribution in [3.8, 4) is 27.9 Å². The summed E-state index contributed by atoms with van der Waals surface area (Å²) in [5, 5.41) is 4.56. The summed E-state index contributed by atoms with van der Waals surface area (Å²) in [5.41, 5.74) is 16.2. The summed E-state index contributed by atoms with van der Waals surface area (Å²) in [4.78, 5) is 2.41. The first kappa shape index (κ1) is 30.8. The number of anilines is 3. The highest BCUT2D eigenvalue weighted by molar-refractivity contribution is 6.24. The minimum Gasteiger partial charge on any atom is -0.455 e. The van der Waals surface area contributed by atoms with Crippen molar-refractivity contribution in [1.82, 2.24) is 4.57 Å². The van der Waals surface area contributed by atoms with E-state index in [0.29, 0.717) is 0 Å². The van der Waals surface area contributed by atoms with E-state index in [2.05, 4.69) is 199 Å². The van der Waals surface area contributed by atoms with Crippen LogP contribution >= 0.6 is 0 Å². The molecule has 2 heterocycles. The molecule has 0 spiro atoms. The number of furan rings is 1. The second-order valence-corrected chi connectivity index (χ2v) is 15.0. The van der Waals surface area contributed by atoms with Crippen LogP contribution in [-0.4, -0.2) is 4.57 Å². The van der Waals surface area contributed by atoms with Crippen molar-refractivity contribution in [2.45, 2.75) is 19.3 Å². The number of aromatic nitrogens is 1. The van der Waals surface area contributed by atoms with Crippen LogP contribution in [0.15, 0.2) is 186 Å². The van der Waals surface area contributed by atoms with Gasteiger partial charge in [0.05, 0.1) is 16.4 Å². The molecular formula is C51H36N2O. The van der Waals surface area contributed by atoms with E-state index in [1.807, 2.05) is 6.07 Å². The second-order valence-electron chi connectivity index (χ2n) is 15.0. The zero-order chi connectivity index (χ0) is 36.0. The molecule has 8 aromatic carbocycles. The highest BCUT2D eigenvalue weighted by atomic mass is 16.3. The summed E-state index contributed by atoms with van der Waals surface area (Å²) in [6, 6.07) is 65.9. The molecule has 0 saturated heterocycles. The van der Waals surface area contributed by atoms with Gasteiger partial charge in [-0.15, -0.1) is 0 Å². The molecule has 0 aliphatic heterocycles. The van der Waals surface area contributed by atoms with Crippen LogP contribution in [0.5, 0.6) is 0 Å². The number of rotatable bonds is 5. The molecule has 0 fully saturated rings. The van der Waals surface area contributed by atoms with Crippen molar-refractivity contribution in [1.29, 1.82) is 0 Å². The lowest BCUT2D eigenvalue weighted by Gasteiger charge is -2.28. The number of hydrogen-bond acceptors (Lipinski definition) is 2. The van der Waals surface area contributed by atoms with Crippen LogP contribution in [0.1, 0.15) is 25.0 Å². The smallest absolute Gasteiger partial charge is 0.145 e. The lowest BCUT2D eigenvalue weighted by Crippen LogP contribution is -2.16. The van der Waals surface area contributed by atoms with Gasteiger partial charge in [0, 0.05) is 44.3 Å². The Morgan fingerprint density at radius 1 is 0.463 bits per heavy atom. The summed E-state index contributed by atoms with van der Waals surface area (Å²) in [6.07, 6.45) is 0. The normalized spacial score (nSPS) is 13.1. The number of nitrogens with zero attached hydrogens (tertiary/aromatic N) is 2. The van der Waals surface area contributed by atoms with E-state index in [0.717, 1.165) is 66.5 Å². The van der Waals surface area contributed by atoms with Gasteiger partial charge in [-0.05, 0) is 106 Å². The molecule has 1 aliphatic rings. The Bertz CT molecular complexity index is 3060. The largest absolute Gasteiger partial charge is 0.455 e. The van der Waals surface area contributed by atoms with Gasteiger partial charge in [0.15, 0.2) is 0 Å². The Kier molecular flexibility index (Phi) is 6.60. The van der Waals surface area contributed by atoms with Crippen LogP contribution in [0.25, 0.3) is 71.7 Å². The van der Waals surface area contributed by atoms with Crippen LogP contribution in [0.3, 0.4) is 0 Å². The van der Waals surface area contributed by atoms with Crippen molar-refractivity contribution in [2.24, 2.45) is 0 Å². The fourth-order valence-corrected chi connectivity index (χ4v) is 8.98. The maximum Gasteiger partial charge on any atom is 0.145 e. The lowest BCUT2D eigenvalue weighted by molar-refractivity contribution is 0.660. The standard InChI is InChI=1S/C51H36N2O/c1-51(2)44-19-11-9-17-39(44)40-27-25-37(31-45(40)51)52(36-23-21-34(22-24-36)33-13-5-3-6-14-33)38-26-28-43-47(32-38)53(35-15-7-4-8-16-35)46-30-29-42-41-18-10-12-20-48(41)54-50(42)49(43)46/h3-32H,1-2H3. The molecule has 11 rings (SSSR count). The van der Waals surface area contributed by atoms with Gasteiger partial charge < -0.3 is 13.9 Å². The molecule has 3 nitrogen and oxygen atoms in total. The molecule has 0 atom stereocenters. The molecule has 10 aromatic rings. The fraction of sp³-hybridized carbons (Fsp3) is 0.0588. The molecule has 0 N–H and O–H groups in total. The Hall–Kier alpha value is -6.84. The average Bonchev–Trinajstić information content (AvgIpc) is 3.84. The minimum absolute atomic E-state index is 0.119. The monoisotopic (exact) mass is 692 g/mol. The summed E-state index contributed by atoms with van der Waals surface area (Å²) in [7, 11) is 0. The Morgan fingerprint density at radius 3 is 1.93 bits per heavy atom. The third-order valence-electron chi connectivity index (χ3n) is 11.6. The van der Waals surface area contributed by atoms with E-state index in [9.17, 15) is 0 Å². The van der Waals surface area contributed by atoms with Gasteiger partial charge in [0.1, 0.15) is 11.2 Å². The van der Waals surface area contributed by atoms with Crippen molar-refractivity contribution in [3.05, 3.63) is 193 Å². The number of para-hydroxylation sites is 2. The van der Waals surface area contributed by atoms with Crippen molar-refractivity contribution in [3.63, 3.8) is 0 Å². The predicted molar refractivity (Wildman–Crippen MR) is 226 cm³/mol. The fourth-order valence-electron chi connectivity index (χ4n) is 8.98. The second kappa shape index (κ2) is 11.6. The van der Waals surface area contributed by atoms with E-state index in [1.165, 1.54) is 33.4 Å². The molecule has 256 valence electrons. The van der Waals surface area contributed by atoms with Crippen molar-refractivity contribution in [2.75, 3.05) is 4.90 Å². The van der Waals surface area contributed by atoms with Crippen molar-refractivity contribution < 1.29 is 4.42 Å². The van der Waals surface area contributed by atoms with Gasteiger partial charge in [-0.25, -0.2) is 0 Å². The van der Waals surface area contributed by atoms with Crippen LogP contribution < -0.4 is 4.90 Å². The third-order valence-corrected chi connectivity index (χ3v) is 11.6. The van der Waals surface area contributed by atoms with Gasteiger partial charge in [0.2, 0.25) is 0 Å². The maximum atomic E-state index is 6.65. The first-order chi connectivity index (χ1) is 26.5. The number of fused-ring (bicyclic) bond motifs is 10. The van der Waals surface area contributed by atoms with E-state index in [4.69, 9.17) is 4.42 Å². The summed E-state index contributed by atoms with van der Waals surface area (Å²) in [5.74, 6) is 0. The molecule has 0 bridgehead atoms. The van der Waals surface area contributed by atoms with E-state index >= 15 is 0 Å².